The van der Waals surface area contributed by atoms with Crippen LogP contribution in [0.1, 0.15) is 77.2 Å². The van der Waals surface area contributed by atoms with E-state index in [-0.39, 0.29) is 4.59 Å². The summed E-state index contributed by atoms with van der Waals surface area (Å²) in [5.74, 6) is 7.06. The molecule has 1 aromatic carbocycles. The van der Waals surface area contributed by atoms with E-state index in [1.807, 2.05) is 6.08 Å². The Kier molecular flexibility index (Phi) is 5.95. The molecule has 0 radical (unpaired) electrons. The van der Waals surface area contributed by atoms with Crippen molar-refractivity contribution in [2.75, 3.05) is 20.6 Å². The second kappa shape index (κ2) is 8.94. The largest absolute Gasteiger partial charge is 0.337 e. The maximum Gasteiger partial charge on any atom is 0.303 e. The summed E-state index contributed by atoms with van der Waals surface area (Å²) in [6, 6.07) is 4.40. The van der Waals surface area contributed by atoms with Gasteiger partial charge in [0.05, 0.1) is 23.4 Å². The first-order chi connectivity index (χ1) is 17.7. The molecule has 1 amide bonds. The van der Waals surface area contributed by atoms with Crippen molar-refractivity contribution in [2.24, 2.45) is 5.84 Å². The molecule has 2 aromatic rings. The van der Waals surface area contributed by atoms with Crippen molar-refractivity contribution in [2.45, 2.75) is 63.8 Å². The molecule has 1 saturated carbocycles. The molecule has 8 nitrogen and oxygen atoms in total. The van der Waals surface area contributed by atoms with Gasteiger partial charge in [-0.15, -0.1) is 0 Å². The van der Waals surface area contributed by atoms with Crippen molar-refractivity contribution < 1.29 is 13.2 Å². The normalized spacial score (nSPS) is 22.8. The van der Waals surface area contributed by atoms with Crippen LogP contribution in [0.5, 0.6) is 0 Å². The summed E-state index contributed by atoms with van der Waals surface area (Å²) in [6.07, 6.45) is 17.0. The number of allylic oxidation sites excluding steroid dienone is 2. The number of rotatable bonds is 4. The van der Waals surface area contributed by atoms with Crippen LogP contribution in [-0.4, -0.2) is 43.8 Å². The average molecular weight is 523 g/mol. The molecule has 9 heteroatoms. The van der Waals surface area contributed by atoms with Crippen molar-refractivity contribution in [3.63, 3.8) is 0 Å². The predicted molar refractivity (Wildman–Crippen MR) is 147 cm³/mol. The topological polar surface area (TPSA) is 97.4 Å². The molecule has 1 fully saturated rings. The van der Waals surface area contributed by atoms with Crippen LogP contribution in [-0.2, 0) is 29.6 Å². The number of nitrogens with one attached hydrogen (secondary N) is 1. The highest BCUT2D eigenvalue weighted by Gasteiger charge is 2.42. The third-order valence-corrected chi connectivity index (χ3v) is 10.0. The number of nitrogens with two attached hydrogens (primary N) is 1. The van der Waals surface area contributed by atoms with Crippen LogP contribution in [0.4, 0.5) is 5.69 Å². The maximum atomic E-state index is 13.7. The van der Waals surface area contributed by atoms with Gasteiger partial charge in [0.1, 0.15) is 12.7 Å². The molecule has 1 aromatic heterocycles. The van der Waals surface area contributed by atoms with Crippen LogP contribution >= 0.6 is 0 Å². The number of aromatic nitrogens is 1. The van der Waals surface area contributed by atoms with Crippen molar-refractivity contribution in [3.8, 4) is 11.3 Å². The van der Waals surface area contributed by atoms with Gasteiger partial charge in [0.25, 0.3) is 5.91 Å². The summed E-state index contributed by atoms with van der Waals surface area (Å²) in [7, 11) is -1.12. The van der Waals surface area contributed by atoms with Crippen molar-refractivity contribution in [1.29, 1.82) is 0 Å². The minimum atomic E-state index is -3.95. The number of benzene rings is 1. The van der Waals surface area contributed by atoms with Crippen molar-refractivity contribution in [1.82, 2.24) is 18.2 Å². The van der Waals surface area contributed by atoms with E-state index in [4.69, 9.17) is 5.84 Å². The summed E-state index contributed by atoms with van der Waals surface area (Å²) in [5, 5.41) is 0. The molecule has 37 heavy (non-hydrogen) atoms. The maximum absolute atomic E-state index is 13.7. The standard InChI is InChI=1S/C28H35N5O3S/c1-31(2)37(35,36)30-28(34)25-22-11-6-7-13-24(22)32-16-18-33(29)17-8-12-21-20(19-9-4-3-5-10-19)14-15-23(26(25)32)27(21)33/h6,8,11,14-15,17,19H,3-5,7,9-10,12-13,16,18,29H2,1-2H3/p+1/t33-/m0/s1. The van der Waals surface area contributed by atoms with Crippen LogP contribution < -0.4 is 15.2 Å². The summed E-state index contributed by atoms with van der Waals surface area (Å²) in [6.45, 7) is 1.31. The highest BCUT2D eigenvalue weighted by molar-refractivity contribution is 7.87. The average Bonchev–Trinajstić information content (AvgIpc) is 3.15. The van der Waals surface area contributed by atoms with Crippen LogP contribution in [0.3, 0.4) is 0 Å². The van der Waals surface area contributed by atoms with Gasteiger partial charge >= 0.3 is 10.2 Å². The summed E-state index contributed by atoms with van der Waals surface area (Å²) in [4.78, 5) is 13.7. The smallest absolute Gasteiger partial charge is 0.303 e. The molecule has 0 spiro atoms. The fraction of sp³-hybridized carbons (Fsp3) is 0.464. The molecule has 1 atom stereocenters. The van der Waals surface area contributed by atoms with Gasteiger partial charge < -0.3 is 4.57 Å². The Morgan fingerprint density at radius 3 is 2.70 bits per heavy atom. The first-order valence-electron chi connectivity index (χ1n) is 13.4. The highest BCUT2D eigenvalue weighted by Crippen LogP contribution is 2.49. The molecule has 2 aliphatic carbocycles. The van der Waals surface area contributed by atoms with E-state index in [2.05, 4.69) is 39.8 Å². The van der Waals surface area contributed by atoms with Gasteiger partial charge in [0.15, 0.2) is 5.69 Å². The van der Waals surface area contributed by atoms with E-state index in [9.17, 15) is 13.2 Å². The predicted octanol–water partition coefficient (Wildman–Crippen LogP) is 3.96. The van der Waals surface area contributed by atoms with Gasteiger partial charge in [-0.1, -0.05) is 37.5 Å². The zero-order valence-electron chi connectivity index (χ0n) is 21.7. The van der Waals surface area contributed by atoms with Gasteiger partial charge in [-0.25, -0.2) is 4.72 Å². The highest BCUT2D eigenvalue weighted by atomic mass is 32.2. The van der Waals surface area contributed by atoms with Crippen molar-refractivity contribution in [3.05, 3.63) is 58.4 Å². The van der Waals surface area contributed by atoms with Crippen LogP contribution in [0.25, 0.3) is 17.3 Å². The minimum absolute atomic E-state index is 0.203. The number of hydrogen-bond donors (Lipinski definition) is 2. The zero-order chi connectivity index (χ0) is 25.9. The second-order valence-corrected chi connectivity index (χ2v) is 12.9. The SMILES string of the molecule is CN(C)S(=O)(=O)NC(=O)c1c2c(n3c1-c1ccc(C4CCCCC4)c4c1[N@+](N)(C=CC4)CC3)CCC=C2. The van der Waals surface area contributed by atoms with E-state index in [1.165, 1.54) is 57.3 Å². The third-order valence-electron chi connectivity index (χ3n) is 8.60. The lowest BCUT2D eigenvalue weighted by Crippen LogP contribution is -2.54. The van der Waals surface area contributed by atoms with Gasteiger partial charge in [-0.2, -0.15) is 23.2 Å². The van der Waals surface area contributed by atoms with Gasteiger partial charge in [0, 0.05) is 37.3 Å². The number of nitrogens with zero attached hydrogens (tertiary/aromatic N) is 3. The summed E-state index contributed by atoms with van der Waals surface area (Å²) in [5.41, 5.74) is 7.78. The monoisotopic (exact) mass is 522 g/mol. The molecule has 3 N–H and O–H groups in total. The zero-order valence-corrected chi connectivity index (χ0v) is 22.5. The molecular formula is C28H36N5O3S+. The van der Waals surface area contributed by atoms with Crippen LogP contribution in [0.2, 0.25) is 0 Å². The molecule has 2 aliphatic heterocycles. The Balaban J connectivity index is 1.60. The summed E-state index contributed by atoms with van der Waals surface area (Å²) < 4.78 is 31.1. The fourth-order valence-electron chi connectivity index (χ4n) is 6.79. The number of carbonyl (C=O) groups excluding carboxylic acids is 1. The molecule has 196 valence electrons. The van der Waals surface area contributed by atoms with E-state index < -0.39 is 16.1 Å². The van der Waals surface area contributed by atoms with Crippen molar-refractivity contribution >= 4 is 27.9 Å². The summed E-state index contributed by atoms with van der Waals surface area (Å²) >= 11 is 0. The quantitative estimate of drug-likeness (QED) is 0.469. The Morgan fingerprint density at radius 2 is 1.95 bits per heavy atom. The van der Waals surface area contributed by atoms with Crippen LogP contribution in [0.15, 0.2) is 30.5 Å². The molecule has 0 saturated heterocycles. The van der Waals surface area contributed by atoms with Gasteiger partial charge in [-0.3, -0.25) is 4.79 Å². The molecule has 3 heterocycles. The van der Waals surface area contributed by atoms with Gasteiger partial charge in [0.2, 0.25) is 0 Å². The van der Waals surface area contributed by atoms with E-state index in [0.29, 0.717) is 24.6 Å². The van der Waals surface area contributed by atoms with E-state index in [0.717, 1.165) is 51.8 Å². The first-order valence-corrected chi connectivity index (χ1v) is 14.8. The first kappa shape index (κ1) is 24.6. The molecule has 6 rings (SSSR count). The fourth-order valence-corrected chi connectivity index (χ4v) is 7.31. The lowest BCUT2D eigenvalue weighted by molar-refractivity contribution is 0.0980. The number of fused-ring (bicyclic) bond motifs is 4. The second-order valence-electron chi connectivity index (χ2n) is 11.0. The van der Waals surface area contributed by atoms with Crippen LogP contribution in [0, 0.1) is 0 Å². The Morgan fingerprint density at radius 1 is 1.16 bits per heavy atom. The minimum Gasteiger partial charge on any atom is -0.337 e. The third kappa shape index (κ3) is 3.91. The lowest BCUT2D eigenvalue weighted by atomic mass is 9.79. The Bertz CT molecular complexity index is 1450. The lowest BCUT2D eigenvalue weighted by Gasteiger charge is -2.35. The Labute approximate surface area is 219 Å². The van der Waals surface area contributed by atoms with E-state index >= 15 is 0 Å². The Hall–Kier alpha value is -2.72. The number of quaternary nitrogens is 1. The number of hydrogen-bond acceptors (Lipinski definition) is 4. The molecule has 0 bridgehead atoms. The molecular weight excluding hydrogens is 486 g/mol. The number of carbonyl (C=O) groups is 1. The van der Waals surface area contributed by atoms with Gasteiger partial charge in [-0.05, 0) is 49.3 Å². The number of amides is 1. The molecule has 0 unspecified atom stereocenters. The molecule has 4 aliphatic rings. The van der Waals surface area contributed by atoms with E-state index in [1.54, 1.807) is 0 Å².